The fourth-order valence-electron chi connectivity index (χ4n) is 1.73. The number of anilines is 2. The summed E-state index contributed by atoms with van der Waals surface area (Å²) >= 11 is 0. The lowest BCUT2D eigenvalue weighted by molar-refractivity contribution is -0.129. The number of amides is 1. The number of rotatable bonds is 5. The maximum absolute atomic E-state index is 12.0. The van der Waals surface area contributed by atoms with Crippen molar-refractivity contribution in [2.75, 3.05) is 37.3 Å². The maximum Gasteiger partial charge on any atom is 0.242 e. The summed E-state index contributed by atoms with van der Waals surface area (Å²) in [5.74, 6) is 1.77. The predicted octanol–water partition coefficient (Wildman–Crippen LogP) is 0.672. The van der Waals surface area contributed by atoms with Gasteiger partial charge in [-0.2, -0.15) is 0 Å². The summed E-state index contributed by atoms with van der Waals surface area (Å²) in [6.07, 6.45) is 0. The van der Waals surface area contributed by atoms with Crippen molar-refractivity contribution in [3.05, 3.63) is 11.9 Å². The first-order valence-corrected chi connectivity index (χ1v) is 6.08. The van der Waals surface area contributed by atoms with Gasteiger partial charge in [-0.05, 0) is 20.8 Å². The first-order valence-electron chi connectivity index (χ1n) is 6.08. The Morgan fingerprint density at radius 1 is 1.33 bits per heavy atom. The number of carbonyl (C=O) groups excluding carboxylic acids is 1. The number of aromatic nitrogens is 2. The van der Waals surface area contributed by atoms with Crippen molar-refractivity contribution in [3.8, 4) is 0 Å². The van der Waals surface area contributed by atoms with Crippen molar-refractivity contribution < 1.29 is 4.79 Å². The van der Waals surface area contributed by atoms with Crippen LogP contribution in [0.5, 0.6) is 0 Å². The Labute approximate surface area is 108 Å². The molecule has 0 bridgehead atoms. The van der Waals surface area contributed by atoms with Crippen LogP contribution < -0.4 is 10.6 Å². The molecule has 1 rings (SSSR count). The topological polar surface area (TPSA) is 75.4 Å². The Morgan fingerprint density at radius 3 is 2.44 bits per heavy atom. The quantitative estimate of drug-likeness (QED) is 0.832. The number of aryl methyl sites for hydroxylation is 1. The summed E-state index contributed by atoms with van der Waals surface area (Å²) in [5, 5.41) is 0. The molecule has 1 heterocycles. The molecule has 18 heavy (non-hydrogen) atoms. The third-order valence-electron chi connectivity index (χ3n) is 2.72. The highest BCUT2D eigenvalue weighted by atomic mass is 16.2. The molecule has 100 valence electrons. The standard InChI is InChI=1S/C12H21N5O/c1-5-17(6-2)12(18)8-16(4)11-7-10(13)14-9(3)15-11/h7H,5-6,8H2,1-4H3,(H2,13,14,15). The Kier molecular flexibility index (Phi) is 4.88. The van der Waals surface area contributed by atoms with Gasteiger partial charge >= 0.3 is 0 Å². The van der Waals surface area contributed by atoms with Gasteiger partial charge < -0.3 is 15.5 Å². The van der Waals surface area contributed by atoms with Crippen LogP contribution in [0.4, 0.5) is 11.6 Å². The van der Waals surface area contributed by atoms with Crippen LogP contribution in [-0.2, 0) is 4.79 Å². The summed E-state index contributed by atoms with van der Waals surface area (Å²) < 4.78 is 0. The molecule has 0 saturated carbocycles. The second kappa shape index (κ2) is 6.18. The second-order valence-corrected chi connectivity index (χ2v) is 4.12. The van der Waals surface area contributed by atoms with Gasteiger partial charge in [-0.1, -0.05) is 0 Å². The lowest BCUT2D eigenvalue weighted by atomic mass is 10.4. The van der Waals surface area contributed by atoms with Crippen LogP contribution in [0, 0.1) is 6.92 Å². The Morgan fingerprint density at radius 2 is 1.94 bits per heavy atom. The molecule has 0 aliphatic rings. The number of nitrogens with two attached hydrogens (primary N) is 1. The van der Waals surface area contributed by atoms with Gasteiger partial charge in [0.25, 0.3) is 0 Å². The Bertz CT molecular complexity index is 397. The molecule has 1 aromatic heterocycles. The second-order valence-electron chi connectivity index (χ2n) is 4.12. The number of nitrogens with zero attached hydrogens (tertiary/aromatic N) is 4. The normalized spacial score (nSPS) is 10.2. The zero-order valence-corrected chi connectivity index (χ0v) is 11.5. The number of hydrogen-bond acceptors (Lipinski definition) is 5. The van der Waals surface area contributed by atoms with Crippen molar-refractivity contribution in [2.45, 2.75) is 20.8 Å². The SMILES string of the molecule is CCN(CC)C(=O)CN(C)c1cc(N)nc(C)n1. The molecule has 0 aliphatic carbocycles. The van der Waals surface area contributed by atoms with Crippen molar-refractivity contribution in [2.24, 2.45) is 0 Å². The molecule has 1 amide bonds. The van der Waals surface area contributed by atoms with E-state index in [4.69, 9.17) is 5.73 Å². The fourth-order valence-corrected chi connectivity index (χ4v) is 1.73. The molecule has 0 saturated heterocycles. The van der Waals surface area contributed by atoms with Gasteiger partial charge in [-0.3, -0.25) is 4.79 Å². The van der Waals surface area contributed by atoms with E-state index in [9.17, 15) is 4.79 Å². The molecule has 0 spiro atoms. The van der Waals surface area contributed by atoms with E-state index in [1.54, 1.807) is 22.8 Å². The van der Waals surface area contributed by atoms with Crippen LogP contribution in [0.15, 0.2) is 6.07 Å². The van der Waals surface area contributed by atoms with E-state index in [-0.39, 0.29) is 12.5 Å². The highest BCUT2D eigenvalue weighted by Gasteiger charge is 2.14. The van der Waals surface area contributed by atoms with Gasteiger partial charge in [0, 0.05) is 26.2 Å². The van der Waals surface area contributed by atoms with E-state index in [0.717, 1.165) is 0 Å². The van der Waals surface area contributed by atoms with E-state index in [2.05, 4.69) is 9.97 Å². The molecule has 0 radical (unpaired) electrons. The molecular formula is C12H21N5O. The third-order valence-corrected chi connectivity index (χ3v) is 2.72. The van der Waals surface area contributed by atoms with E-state index >= 15 is 0 Å². The molecular weight excluding hydrogens is 230 g/mol. The van der Waals surface area contributed by atoms with Crippen molar-refractivity contribution in [1.82, 2.24) is 14.9 Å². The van der Waals surface area contributed by atoms with Crippen LogP contribution in [0.1, 0.15) is 19.7 Å². The Hall–Kier alpha value is -1.85. The van der Waals surface area contributed by atoms with Gasteiger partial charge in [0.1, 0.15) is 17.5 Å². The molecule has 0 atom stereocenters. The molecule has 0 unspecified atom stereocenters. The van der Waals surface area contributed by atoms with Gasteiger partial charge in [0.2, 0.25) is 5.91 Å². The molecule has 6 heteroatoms. The average molecular weight is 251 g/mol. The smallest absolute Gasteiger partial charge is 0.242 e. The molecule has 2 N–H and O–H groups in total. The number of carbonyl (C=O) groups is 1. The van der Waals surface area contributed by atoms with Crippen molar-refractivity contribution in [1.29, 1.82) is 0 Å². The summed E-state index contributed by atoms with van der Waals surface area (Å²) in [5.41, 5.74) is 5.67. The van der Waals surface area contributed by atoms with Crippen LogP contribution in [0.25, 0.3) is 0 Å². The highest BCUT2D eigenvalue weighted by molar-refractivity contribution is 5.81. The van der Waals surface area contributed by atoms with E-state index in [0.29, 0.717) is 30.5 Å². The molecule has 0 fully saturated rings. The summed E-state index contributed by atoms with van der Waals surface area (Å²) in [6, 6.07) is 1.67. The molecule has 0 aromatic carbocycles. The van der Waals surface area contributed by atoms with Crippen LogP contribution in [0.2, 0.25) is 0 Å². The molecule has 6 nitrogen and oxygen atoms in total. The maximum atomic E-state index is 12.0. The van der Waals surface area contributed by atoms with E-state index in [1.165, 1.54) is 0 Å². The largest absolute Gasteiger partial charge is 0.384 e. The fraction of sp³-hybridized carbons (Fsp3) is 0.583. The minimum absolute atomic E-state index is 0.0809. The Balaban J connectivity index is 2.75. The zero-order chi connectivity index (χ0) is 13.7. The van der Waals surface area contributed by atoms with Gasteiger partial charge in [0.15, 0.2) is 0 Å². The summed E-state index contributed by atoms with van der Waals surface area (Å²) in [6.45, 7) is 7.43. The number of hydrogen-bond donors (Lipinski definition) is 1. The number of nitrogen functional groups attached to an aromatic ring is 1. The van der Waals surface area contributed by atoms with Crippen LogP contribution in [0.3, 0.4) is 0 Å². The minimum Gasteiger partial charge on any atom is -0.384 e. The third kappa shape index (κ3) is 3.58. The van der Waals surface area contributed by atoms with Crippen molar-refractivity contribution >= 4 is 17.5 Å². The molecule has 1 aromatic rings. The van der Waals surface area contributed by atoms with E-state index in [1.807, 2.05) is 20.9 Å². The van der Waals surface area contributed by atoms with Gasteiger partial charge in [0.05, 0.1) is 6.54 Å². The monoisotopic (exact) mass is 251 g/mol. The summed E-state index contributed by atoms with van der Waals surface area (Å²) in [7, 11) is 1.82. The predicted molar refractivity (Wildman–Crippen MR) is 72.4 cm³/mol. The first kappa shape index (κ1) is 14.2. The summed E-state index contributed by atoms with van der Waals surface area (Å²) in [4.78, 5) is 23.8. The lowest BCUT2D eigenvalue weighted by Crippen LogP contribution is -2.39. The average Bonchev–Trinajstić information content (AvgIpc) is 2.29. The van der Waals surface area contributed by atoms with Crippen LogP contribution in [-0.4, -0.2) is 47.5 Å². The van der Waals surface area contributed by atoms with Crippen LogP contribution >= 0.6 is 0 Å². The van der Waals surface area contributed by atoms with Crippen molar-refractivity contribution in [3.63, 3.8) is 0 Å². The van der Waals surface area contributed by atoms with Gasteiger partial charge in [-0.15, -0.1) is 0 Å². The number of likely N-dealkylation sites (N-methyl/N-ethyl adjacent to an activating group) is 2. The highest BCUT2D eigenvalue weighted by Crippen LogP contribution is 2.12. The molecule has 0 aliphatic heterocycles. The minimum atomic E-state index is 0.0809. The van der Waals surface area contributed by atoms with E-state index < -0.39 is 0 Å². The zero-order valence-electron chi connectivity index (χ0n) is 11.5. The van der Waals surface area contributed by atoms with Gasteiger partial charge in [-0.25, -0.2) is 9.97 Å². The first-order chi connectivity index (χ1) is 8.47. The lowest BCUT2D eigenvalue weighted by Gasteiger charge is -2.23.